The van der Waals surface area contributed by atoms with Crippen LogP contribution in [0.4, 0.5) is 14.5 Å². The predicted octanol–water partition coefficient (Wildman–Crippen LogP) is 4.33. The van der Waals surface area contributed by atoms with Crippen molar-refractivity contribution >= 4 is 35.4 Å². The van der Waals surface area contributed by atoms with Crippen molar-refractivity contribution in [1.29, 1.82) is 5.26 Å². The van der Waals surface area contributed by atoms with E-state index in [1.807, 2.05) is 6.07 Å². The molecule has 0 aliphatic rings. The largest absolute Gasteiger partial charge is 0.465 e. The quantitative estimate of drug-likeness (QED) is 0.345. The smallest absolute Gasteiger partial charge is 0.337 e. The molecule has 138 valence electrons. The van der Waals surface area contributed by atoms with Crippen LogP contribution in [0.1, 0.15) is 15.9 Å². The number of nitrogens with zero attached hydrogens (tertiary/aromatic N) is 1. The standard InChI is InChI=1S/C19H14F2N2O3S/c1-26-18(25)13-4-2-12(3-5-13)10-14(11-22)17(24)23-15-6-8-16(9-7-15)27-19(20)21/h2-10,19H,1H3,(H,23,24)/b14-10+. The molecular weight excluding hydrogens is 374 g/mol. The van der Waals surface area contributed by atoms with Crippen molar-refractivity contribution in [3.63, 3.8) is 0 Å². The van der Waals surface area contributed by atoms with E-state index in [2.05, 4.69) is 10.1 Å². The number of nitrogens with one attached hydrogen (secondary N) is 1. The highest BCUT2D eigenvalue weighted by Gasteiger charge is 2.11. The van der Waals surface area contributed by atoms with Crippen LogP contribution in [0.5, 0.6) is 0 Å². The van der Waals surface area contributed by atoms with Crippen LogP contribution in [-0.4, -0.2) is 24.7 Å². The summed E-state index contributed by atoms with van der Waals surface area (Å²) in [6.07, 6.45) is 1.37. The van der Waals surface area contributed by atoms with Gasteiger partial charge in [-0.1, -0.05) is 23.9 Å². The van der Waals surface area contributed by atoms with E-state index in [0.717, 1.165) is 0 Å². The molecule has 2 rings (SSSR count). The number of methoxy groups -OCH3 is 1. The van der Waals surface area contributed by atoms with Gasteiger partial charge in [0.15, 0.2) is 0 Å². The molecule has 0 saturated heterocycles. The van der Waals surface area contributed by atoms with Crippen molar-refractivity contribution in [3.05, 3.63) is 65.2 Å². The number of nitriles is 1. The van der Waals surface area contributed by atoms with E-state index < -0.39 is 17.6 Å². The molecule has 8 heteroatoms. The van der Waals surface area contributed by atoms with E-state index in [1.165, 1.54) is 49.6 Å². The topological polar surface area (TPSA) is 79.2 Å². The maximum absolute atomic E-state index is 12.3. The summed E-state index contributed by atoms with van der Waals surface area (Å²) in [7, 11) is 1.27. The number of benzene rings is 2. The van der Waals surface area contributed by atoms with E-state index in [4.69, 9.17) is 0 Å². The number of hydrogen-bond acceptors (Lipinski definition) is 5. The first-order valence-corrected chi connectivity index (χ1v) is 8.47. The Kier molecular flexibility index (Phi) is 7.08. The van der Waals surface area contributed by atoms with Crippen molar-refractivity contribution in [2.24, 2.45) is 0 Å². The van der Waals surface area contributed by atoms with Gasteiger partial charge >= 0.3 is 5.97 Å². The van der Waals surface area contributed by atoms with Gasteiger partial charge in [0.05, 0.1) is 12.7 Å². The molecule has 2 aromatic rings. The number of ether oxygens (including phenoxy) is 1. The Morgan fingerprint density at radius 1 is 1.15 bits per heavy atom. The fourth-order valence-electron chi connectivity index (χ4n) is 2.07. The van der Waals surface area contributed by atoms with Crippen molar-refractivity contribution < 1.29 is 23.1 Å². The predicted molar refractivity (Wildman–Crippen MR) is 98.3 cm³/mol. The molecule has 27 heavy (non-hydrogen) atoms. The van der Waals surface area contributed by atoms with Gasteiger partial charge < -0.3 is 10.1 Å². The van der Waals surface area contributed by atoms with Crippen molar-refractivity contribution in [1.82, 2.24) is 0 Å². The monoisotopic (exact) mass is 388 g/mol. The molecule has 0 fully saturated rings. The van der Waals surface area contributed by atoms with Gasteiger partial charge in [-0.05, 0) is 48.0 Å². The molecule has 0 radical (unpaired) electrons. The maximum atomic E-state index is 12.3. The average Bonchev–Trinajstić information content (AvgIpc) is 2.67. The zero-order valence-electron chi connectivity index (χ0n) is 14.1. The van der Waals surface area contributed by atoms with Crippen LogP contribution in [0, 0.1) is 11.3 Å². The molecule has 0 unspecified atom stereocenters. The van der Waals surface area contributed by atoms with Crippen LogP contribution >= 0.6 is 11.8 Å². The summed E-state index contributed by atoms with van der Waals surface area (Å²) >= 11 is 0.401. The molecule has 0 saturated carbocycles. The molecule has 0 aliphatic carbocycles. The van der Waals surface area contributed by atoms with Gasteiger partial charge in [-0.2, -0.15) is 14.0 Å². The highest BCUT2D eigenvalue weighted by atomic mass is 32.2. The lowest BCUT2D eigenvalue weighted by Gasteiger charge is -2.06. The van der Waals surface area contributed by atoms with Gasteiger partial charge in [0.2, 0.25) is 0 Å². The van der Waals surface area contributed by atoms with E-state index >= 15 is 0 Å². The van der Waals surface area contributed by atoms with Crippen molar-refractivity contribution in [2.75, 3.05) is 12.4 Å². The number of carbonyl (C=O) groups is 2. The molecule has 1 amide bonds. The number of carbonyl (C=O) groups excluding carboxylic acids is 2. The molecule has 5 nitrogen and oxygen atoms in total. The number of alkyl halides is 2. The van der Waals surface area contributed by atoms with Gasteiger partial charge in [-0.25, -0.2) is 4.79 Å². The molecule has 0 aliphatic heterocycles. The lowest BCUT2D eigenvalue weighted by molar-refractivity contribution is -0.112. The minimum absolute atomic E-state index is 0.146. The van der Waals surface area contributed by atoms with Gasteiger partial charge in [0, 0.05) is 10.6 Å². The molecule has 0 aromatic heterocycles. The van der Waals surface area contributed by atoms with Crippen LogP contribution in [0.2, 0.25) is 0 Å². The van der Waals surface area contributed by atoms with Crippen LogP contribution in [0.25, 0.3) is 6.08 Å². The van der Waals surface area contributed by atoms with E-state index in [0.29, 0.717) is 33.5 Å². The first-order valence-electron chi connectivity index (χ1n) is 7.59. The normalized spacial score (nSPS) is 11.0. The molecule has 2 aromatic carbocycles. The van der Waals surface area contributed by atoms with Gasteiger partial charge in [-0.3, -0.25) is 4.79 Å². The third kappa shape index (κ3) is 5.94. The highest BCUT2D eigenvalue weighted by Crippen LogP contribution is 2.26. The summed E-state index contributed by atoms with van der Waals surface area (Å²) in [5.74, 6) is -3.65. The second-order valence-electron chi connectivity index (χ2n) is 5.14. The van der Waals surface area contributed by atoms with E-state index in [9.17, 15) is 23.6 Å². The number of halogens is 2. The van der Waals surface area contributed by atoms with Gasteiger partial charge in [0.1, 0.15) is 11.6 Å². The minimum Gasteiger partial charge on any atom is -0.465 e. The van der Waals surface area contributed by atoms with Crippen LogP contribution in [0.15, 0.2) is 59.0 Å². The zero-order chi connectivity index (χ0) is 19.8. The summed E-state index contributed by atoms with van der Waals surface area (Å²) in [5, 5.41) is 11.8. The molecule has 0 spiro atoms. The number of hydrogen-bond donors (Lipinski definition) is 1. The van der Waals surface area contributed by atoms with Crippen LogP contribution < -0.4 is 5.32 Å². The fraction of sp³-hybridized carbons (Fsp3) is 0.105. The summed E-state index contributed by atoms with van der Waals surface area (Å²) in [5.41, 5.74) is 1.13. The second kappa shape index (κ2) is 9.50. The molecular formula is C19H14F2N2O3S. The molecule has 0 atom stereocenters. The SMILES string of the molecule is COC(=O)c1ccc(/C=C(\C#N)C(=O)Nc2ccc(SC(F)F)cc2)cc1. The lowest BCUT2D eigenvalue weighted by Crippen LogP contribution is -2.13. The number of thioether (sulfide) groups is 1. The van der Waals surface area contributed by atoms with Crippen molar-refractivity contribution in [2.45, 2.75) is 10.7 Å². The average molecular weight is 388 g/mol. The summed E-state index contributed by atoms with van der Waals surface area (Å²) in [6.45, 7) is 0. The van der Waals surface area contributed by atoms with Gasteiger partial charge in [0.25, 0.3) is 11.7 Å². The third-order valence-corrected chi connectivity index (χ3v) is 4.07. The zero-order valence-corrected chi connectivity index (χ0v) is 14.9. The fourth-order valence-corrected chi connectivity index (χ4v) is 2.57. The van der Waals surface area contributed by atoms with Crippen LogP contribution in [0.3, 0.4) is 0 Å². The third-order valence-electron chi connectivity index (χ3n) is 3.35. The molecule has 0 heterocycles. The van der Waals surface area contributed by atoms with Gasteiger partial charge in [-0.15, -0.1) is 0 Å². The van der Waals surface area contributed by atoms with E-state index in [1.54, 1.807) is 12.1 Å². The highest BCUT2D eigenvalue weighted by molar-refractivity contribution is 7.99. The number of rotatable bonds is 6. The summed E-state index contributed by atoms with van der Waals surface area (Å²) in [4.78, 5) is 24.0. The Morgan fingerprint density at radius 3 is 2.30 bits per heavy atom. The molecule has 1 N–H and O–H groups in total. The Bertz CT molecular complexity index is 889. The Hall–Kier alpha value is -3.18. The minimum atomic E-state index is -2.52. The number of anilines is 1. The van der Waals surface area contributed by atoms with Crippen LogP contribution in [-0.2, 0) is 9.53 Å². The van der Waals surface area contributed by atoms with Crippen molar-refractivity contribution in [3.8, 4) is 6.07 Å². The number of amides is 1. The molecule has 0 bridgehead atoms. The first kappa shape index (κ1) is 20.1. The second-order valence-corrected chi connectivity index (χ2v) is 6.20. The summed E-state index contributed by atoms with van der Waals surface area (Å²) in [6, 6.07) is 13.9. The first-order chi connectivity index (χ1) is 12.9. The Morgan fingerprint density at radius 2 is 1.78 bits per heavy atom. The Balaban J connectivity index is 2.10. The Labute approximate surface area is 158 Å². The number of esters is 1. The maximum Gasteiger partial charge on any atom is 0.337 e. The summed E-state index contributed by atoms with van der Waals surface area (Å²) < 4.78 is 29.2. The van der Waals surface area contributed by atoms with E-state index in [-0.39, 0.29) is 5.57 Å². The lowest BCUT2D eigenvalue weighted by atomic mass is 10.1.